The Morgan fingerprint density at radius 1 is 0.723 bits per heavy atom. The van der Waals surface area contributed by atoms with Crippen LogP contribution < -0.4 is 15.5 Å². The first-order valence-corrected chi connectivity index (χ1v) is 14.5. The first-order chi connectivity index (χ1) is 22.5. The number of halogens is 6. The highest BCUT2D eigenvalue weighted by atomic mass is 19.4. The number of pyridine rings is 3. The molecule has 0 fully saturated rings. The van der Waals surface area contributed by atoms with E-state index in [1.807, 2.05) is 6.07 Å². The summed E-state index contributed by atoms with van der Waals surface area (Å²) in [5.74, 6) is 1.63. The Labute approximate surface area is 265 Å². The molecule has 240 valence electrons. The van der Waals surface area contributed by atoms with Gasteiger partial charge in [0.2, 0.25) is 0 Å². The number of carbonyl (C=O) groups excluding carboxylic acids is 1. The molecule has 0 bridgehead atoms. The first-order valence-electron chi connectivity index (χ1n) is 14.5. The average molecular weight is 649 g/mol. The zero-order valence-corrected chi connectivity index (χ0v) is 24.5. The van der Waals surface area contributed by atoms with Crippen molar-refractivity contribution in [2.45, 2.75) is 25.2 Å². The van der Waals surface area contributed by atoms with Crippen LogP contribution in [0.4, 0.5) is 48.6 Å². The van der Waals surface area contributed by atoms with Gasteiger partial charge in [-0.15, -0.1) is 0 Å². The molecule has 47 heavy (non-hydrogen) atoms. The number of alkyl halides is 6. The largest absolute Gasteiger partial charge is 0.416 e. The molecule has 0 radical (unpaired) electrons. The van der Waals surface area contributed by atoms with Crippen molar-refractivity contribution in [2.75, 3.05) is 28.6 Å². The molecular weight excluding hydrogens is 622 g/mol. The van der Waals surface area contributed by atoms with Crippen LogP contribution in [0.5, 0.6) is 0 Å². The molecule has 2 aliphatic heterocycles. The topological polar surface area (TPSA) is 83.0 Å². The van der Waals surface area contributed by atoms with E-state index in [9.17, 15) is 31.1 Å². The van der Waals surface area contributed by atoms with Crippen molar-refractivity contribution < 1.29 is 31.1 Å². The molecule has 0 saturated heterocycles. The van der Waals surface area contributed by atoms with Gasteiger partial charge in [0.25, 0.3) is 0 Å². The smallest absolute Gasteiger partial charge is 0.369 e. The summed E-state index contributed by atoms with van der Waals surface area (Å²) in [7, 11) is 0. The molecule has 13 heteroatoms. The second-order valence-electron chi connectivity index (χ2n) is 10.8. The molecule has 3 aromatic heterocycles. The summed E-state index contributed by atoms with van der Waals surface area (Å²) in [6.45, 7) is 1.27. The van der Waals surface area contributed by atoms with Crippen molar-refractivity contribution >= 4 is 23.5 Å². The Balaban J connectivity index is 0.000000177. The number of aromatic nitrogens is 3. The molecule has 2 aromatic carbocycles. The highest BCUT2D eigenvalue weighted by molar-refractivity contribution is 6.02. The van der Waals surface area contributed by atoms with Gasteiger partial charge in [-0.1, -0.05) is 42.5 Å². The number of urea groups is 1. The summed E-state index contributed by atoms with van der Waals surface area (Å²) in [5, 5.41) is 5.82. The van der Waals surface area contributed by atoms with Crippen LogP contribution in [0.3, 0.4) is 0 Å². The Morgan fingerprint density at radius 2 is 1.36 bits per heavy atom. The number of benzene rings is 2. The minimum atomic E-state index is -4.43. The van der Waals surface area contributed by atoms with Gasteiger partial charge >= 0.3 is 18.4 Å². The van der Waals surface area contributed by atoms with E-state index in [1.54, 1.807) is 54.7 Å². The highest BCUT2D eigenvalue weighted by Crippen LogP contribution is 2.35. The van der Waals surface area contributed by atoms with Gasteiger partial charge in [0.1, 0.15) is 17.5 Å². The van der Waals surface area contributed by atoms with Crippen molar-refractivity contribution in [3.8, 4) is 22.5 Å². The fourth-order valence-electron chi connectivity index (χ4n) is 5.25. The van der Waals surface area contributed by atoms with E-state index in [0.29, 0.717) is 47.1 Å². The van der Waals surface area contributed by atoms with Crippen molar-refractivity contribution in [1.29, 1.82) is 0 Å². The lowest BCUT2D eigenvalue weighted by atomic mass is 10.1. The molecule has 0 unspecified atom stereocenters. The second-order valence-corrected chi connectivity index (χ2v) is 10.8. The number of amides is 2. The monoisotopic (exact) mass is 648 g/mol. The Bertz CT molecular complexity index is 1910. The lowest BCUT2D eigenvalue weighted by Gasteiger charge is -2.17. The van der Waals surface area contributed by atoms with Crippen molar-refractivity contribution in [3.63, 3.8) is 0 Å². The van der Waals surface area contributed by atoms with Gasteiger partial charge in [0.05, 0.1) is 22.5 Å². The van der Waals surface area contributed by atoms with Gasteiger partial charge < -0.3 is 5.32 Å². The zero-order valence-electron chi connectivity index (χ0n) is 24.5. The van der Waals surface area contributed by atoms with Crippen molar-refractivity contribution in [2.24, 2.45) is 0 Å². The summed E-state index contributed by atoms with van der Waals surface area (Å²) < 4.78 is 77.0. The van der Waals surface area contributed by atoms with Gasteiger partial charge in [-0.05, 0) is 72.5 Å². The van der Waals surface area contributed by atoms with Crippen LogP contribution in [0.25, 0.3) is 22.5 Å². The quantitative estimate of drug-likeness (QED) is 0.192. The highest BCUT2D eigenvalue weighted by Gasteiger charge is 2.32. The molecule has 5 aromatic rings. The predicted molar refractivity (Wildman–Crippen MR) is 166 cm³/mol. The van der Waals surface area contributed by atoms with Crippen LogP contribution in [0.15, 0.2) is 97.2 Å². The Morgan fingerprint density at radius 3 is 1.98 bits per heavy atom. The number of fused-ring (bicyclic) bond motifs is 2. The summed E-state index contributed by atoms with van der Waals surface area (Å²) in [6.07, 6.45) is -5.66. The van der Waals surface area contributed by atoms with Crippen molar-refractivity contribution in [1.82, 2.24) is 15.0 Å². The van der Waals surface area contributed by atoms with Crippen LogP contribution in [0.2, 0.25) is 0 Å². The molecule has 0 spiro atoms. The minimum absolute atomic E-state index is 0.342. The van der Waals surface area contributed by atoms with Crippen LogP contribution in [-0.2, 0) is 25.2 Å². The SMILES string of the molecule is FC(F)(F)c1cccc(-c2ccc3c(n2)NCC3)c1.O=C(Nc1ccccn1)N1CCc2ccc(-c3cccc(C(F)(F)F)c3)nc21. The number of nitrogens with one attached hydrogen (secondary N) is 2. The van der Waals surface area contributed by atoms with Crippen LogP contribution in [0, 0.1) is 0 Å². The van der Waals surface area contributed by atoms with E-state index >= 15 is 0 Å². The number of hydrogen-bond acceptors (Lipinski definition) is 5. The fraction of sp³-hybridized carbons (Fsp3) is 0.176. The molecule has 2 amide bonds. The summed E-state index contributed by atoms with van der Waals surface area (Å²) >= 11 is 0. The summed E-state index contributed by atoms with van der Waals surface area (Å²) in [4.78, 5) is 27.0. The molecule has 0 aliphatic carbocycles. The normalized spacial score (nSPS) is 13.6. The summed E-state index contributed by atoms with van der Waals surface area (Å²) in [5.41, 5.74) is 2.34. The molecule has 7 nitrogen and oxygen atoms in total. The van der Waals surface area contributed by atoms with Gasteiger partial charge in [-0.2, -0.15) is 26.3 Å². The molecule has 7 rings (SSSR count). The first kappa shape index (κ1) is 31.5. The van der Waals surface area contributed by atoms with Crippen LogP contribution in [-0.4, -0.2) is 34.1 Å². The Hall–Kier alpha value is -5.46. The fourth-order valence-corrected chi connectivity index (χ4v) is 5.25. The zero-order chi connectivity index (χ0) is 33.2. The van der Waals surface area contributed by atoms with Gasteiger partial charge in [-0.25, -0.2) is 19.7 Å². The lowest BCUT2D eigenvalue weighted by Crippen LogP contribution is -2.34. The minimum Gasteiger partial charge on any atom is -0.369 e. The third kappa shape index (κ3) is 7.19. The summed E-state index contributed by atoms with van der Waals surface area (Å²) in [6, 6.07) is 22.2. The van der Waals surface area contributed by atoms with Gasteiger partial charge in [0.15, 0.2) is 0 Å². The third-order valence-corrected chi connectivity index (χ3v) is 7.60. The third-order valence-electron chi connectivity index (χ3n) is 7.60. The molecule has 0 atom stereocenters. The molecule has 2 aliphatic rings. The maximum atomic E-state index is 13.0. The number of nitrogens with zero attached hydrogens (tertiary/aromatic N) is 4. The van der Waals surface area contributed by atoms with Gasteiger partial charge in [0, 0.05) is 30.4 Å². The number of anilines is 3. The Kier molecular flexibility index (Phi) is 8.54. The molecule has 2 N–H and O–H groups in total. The predicted octanol–water partition coefficient (Wildman–Crippen LogP) is 8.49. The number of rotatable bonds is 3. The average Bonchev–Trinajstić information content (AvgIpc) is 3.71. The van der Waals surface area contributed by atoms with Crippen LogP contribution in [0.1, 0.15) is 22.3 Å². The van der Waals surface area contributed by atoms with Gasteiger partial charge in [-0.3, -0.25) is 10.2 Å². The lowest BCUT2D eigenvalue weighted by molar-refractivity contribution is -0.138. The van der Waals surface area contributed by atoms with E-state index in [4.69, 9.17) is 0 Å². The maximum Gasteiger partial charge on any atom is 0.416 e. The number of carbonyl (C=O) groups is 1. The molecule has 0 saturated carbocycles. The maximum absolute atomic E-state index is 13.0. The van der Waals surface area contributed by atoms with E-state index in [2.05, 4.69) is 25.6 Å². The van der Waals surface area contributed by atoms with E-state index in [1.165, 1.54) is 17.0 Å². The molecular formula is C34H26F6N6O. The van der Waals surface area contributed by atoms with Crippen LogP contribution >= 0.6 is 0 Å². The number of hydrogen-bond donors (Lipinski definition) is 2. The van der Waals surface area contributed by atoms with E-state index in [0.717, 1.165) is 54.2 Å². The van der Waals surface area contributed by atoms with Crippen molar-refractivity contribution in [3.05, 3.63) is 119 Å². The second kappa shape index (κ2) is 12.7. The molecule has 5 heterocycles. The van der Waals surface area contributed by atoms with E-state index in [-0.39, 0.29) is 6.03 Å². The standard InChI is InChI=1S/C20H15F3N4O.C14H11F3N2/c21-20(22,23)15-5-3-4-14(12-15)16-8-7-13-9-11-27(18(13)25-16)19(28)26-17-6-1-2-10-24-17;15-14(16,17)11-3-1-2-10(8-11)12-5-4-9-6-7-18-13(9)19-12/h1-8,10,12H,9,11H2,(H,24,26,28);1-5,8H,6-7H2,(H,18,19). The van der Waals surface area contributed by atoms with E-state index < -0.39 is 23.5 Å².